The van der Waals surface area contributed by atoms with E-state index in [0.717, 1.165) is 0 Å². The molecule has 13 heteroatoms. The first-order valence-corrected chi connectivity index (χ1v) is 14.1. The molecule has 0 saturated heterocycles. The summed E-state index contributed by atoms with van der Waals surface area (Å²) in [4.78, 5) is 37.2. The van der Waals surface area contributed by atoms with Gasteiger partial charge in [0.05, 0.1) is 25.0 Å². The molecule has 6 atom stereocenters. The third-order valence-corrected chi connectivity index (χ3v) is 7.31. The second kappa shape index (κ2) is 16.8. The third-order valence-electron chi connectivity index (χ3n) is 7.31. The lowest BCUT2D eigenvalue weighted by atomic mass is 9.87. The molecule has 44 heavy (non-hydrogen) atoms. The number of hydrogen-bond acceptors (Lipinski definition) is 11. The summed E-state index contributed by atoms with van der Waals surface area (Å²) < 4.78 is 27.5. The molecule has 0 aliphatic carbocycles. The zero-order chi connectivity index (χ0) is 33.1. The van der Waals surface area contributed by atoms with Crippen molar-refractivity contribution in [1.82, 2.24) is 0 Å². The van der Waals surface area contributed by atoms with Gasteiger partial charge in [0.15, 0.2) is 23.4 Å². The summed E-state index contributed by atoms with van der Waals surface area (Å²) in [5.74, 6) is -2.71. The maximum atomic E-state index is 13.2. The van der Waals surface area contributed by atoms with Gasteiger partial charge in [-0.15, -0.1) is 0 Å². The van der Waals surface area contributed by atoms with Crippen LogP contribution in [0, 0.1) is 11.8 Å². The molecule has 1 aliphatic heterocycles. The van der Waals surface area contributed by atoms with Crippen LogP contribution in [0.2, 0.25) is 0 Å². The summed E-state index contributed by atoms with van der Waals surface area (Å²) in [5.41, 5.74) is 6.36. The minimum atomic E-state index is -1.02. The molecule has 0 fully saturated rings. The molecule has 2 amide bonds. The number of fused-ring (bicyclic) bond motifs is 2. The Balaban J connectivity index is 2.76. The number of primary amides is 1. The highest BCUT2D eigenvalue weighted by Crippen LogP contribution is 2.44. The van der Waals surface area contributed by atoms with Crippen molar-refractivity contribution < 1.29 is 53.4 Å². The minimum absolute atomic E-state index is 0.0178. The van der Waals surface area contributed by atoms with Crippen LogP contribution in [0.3, 0.4) is 0 Å². The van der Waals surface area contributed by atoms with Crippen LogP contribution in [-0.2, 0) is 30.2 Å². The molecule has 1 aromatic carbocycles. The van der Waals surface area contributed by atoms with E-state index in [9.17, 15) is 29.7 Å². The number of anilines is 1. The lowest BCUT2D eigenvalue weighted by molar-refractivity contribution is -0.137. The molecule has 1 aliphatic rings. The highest BCUT2D eigenvalue weighted by atomic mass is 16.6. The molecule has 1 heterocycles. The molecule has 1 aromatic rings. The molecule has 2 bridgehead atoms. The van der Waals surface area contributed by atoms with Gasteiger partial charge in [-0.2, -0.15) is 0 Å². The highest BCUT2D eigenvalue weighted by molar-refractivity contribution is 6.05. The number of nitrogens with one attached hydrogen (secondary N) is 1. The molecular weight excluding hydrogens is 576 g/mol. The number of rotatable bonds is 6. The number of methoxy groups -OCH3 is 3. The van der Waals surface area contributed by atoms with Crippen LogP contribution in [-0.4, -0.2) is 85.6 Å². The number of phenols is 1. The second-order valence-electron chi connectivity index (χ2n) is 10.7. The van der Waals surface area contributed by atoms with Crippen molar-refractivity contribution in [2.24, 2.45) is 17.6 Å². The molecule has 0 radical (unpaired) electrons. The number of carbonyl (C=O) groups excluding carboxylic acids is 3. The van der Waals surface area contributed by atoms with Crippen LogP contribution in [0.5, 0.6) is 17.2 Å². The van der Waals surface area contributed by atoms with E-state index in [-0.39, 0.29) is 46.4 Å². The van der Waals surface area contributed by atoms with Crippen molar-refractivity contribution in [3.05, 3.63) is 47.1 Å². The summed E-state index contributed by atoms with van der Waals surface area (Å²) in [6, 6.07) is 1.18. The summed E-state index contributed by atoms with van der Waals surface area (Å²) in [7, 11) is 4.22. The number of ether oxygens (including phenoxy) is 5. The van der Waals surface area contributed by atoms with Gasteiger partial charge in [-0.3, -0.25) is 4.79 Å². The summed E-state index contributed by atoms with van der Waals surface area (Å²) in [6.45, 7) is 5.97. The monoisotopic (exact) mass is 620 g/mol. The summed E-state index contributed by atoms with van der Waals surface area (Å²) in [6.07, 6.45) is 2.38. The topological polar surface area (TPSA) is 196 Å². The van der Waals surface area contributed by atoms with Crippen LogP contribution in [0.4, 0.5) is 10.5 Å². The second-order valence-corrected chi connectivity index (χ2v) is 10.7. The smallest absolute Gasteiger partial charge is 0.405 e. The van der Waals surface area contributed by atoms with E-state index in [4.69, 9.17) is 29.4 Å². The van der Waals surface area contributed by atoms with Gasteiger partial charge in [0.2, 0.25) is 0 Å². The number of aliphatic hydroxyl groups excluding tert-OH is 2. The summed E-state index contributed by atoms with van der Waals surface area (Å²) >= 11 is 0. The van der Waals surface area contributed by atoms with Crippen LogP contribution >= 0.6 is 0 Å². The van der Waals surface area contributed by atoms with Crippen molar-refractivity contribution in [3.8, 4) is 17.2 Å². The molecule has 13 nitrogen and oxygen atoms in total. The minimum Gasteiger partial charge on any atom is -0.504 e. The molecule has 244 valence electrons. The van der Waals surface area contributed by atoms with Gasteiger partial charge in [-0.1, -0.05) is 38.2 Å². The largest absolute Gasteiger partial charge is 0.504 e. The number of allylic oxidation sites excluding steroid dienone is 2. The van der Waals surface area contributed by atoms with Gasteiger partial charge in [0, 0.05) is 37.3 Å². The van der Waals surface area contributed by atoms with Crippen molar-refractivity contribution in [3.63, 3.8) is 0 Å². The van der Waals surface area contributed by atoms with Gasteiger partial charge in [-0.05, 0) is 38.2 Å². The van der Waals surface area contributed by atoms with Crippen molar-refractivity contribution >= 4 is 23.7 Å². The van der Waals surface area contributed by atoms with E-state index in [0.29, 0.717) is 12.0 Å². The Morgan fingerprint density at radius 2 is 1.80 bits per heavy atom. The highest BCUT2D eigenvalue weighted by Gasteiger charge is 2.31. The lowest BCUT2D eigenvalue weighted by Gasteiger charge is -2.29. The fourth-order valence-corrected chi connectivity index (χ4v) is 5.06. The van der Waals surface area contributed by atoms with Crippen molar-refractivity contribution in [2.75, 3.05) is 33.3 Å². The number of amides is 2. The zero-order valence-electron chi connectivity index (χ0n) is 26.2. The fraction of sp³-hybridized carbons (Fsp3) is 0.516. The number of aromatic hydroxyl groups is 1. The first-order valence-electron chi connectivity index (χ1n) is 14.1. The number of esters is 1. The van der Waals surface area contributed by atoms with Gasteiger partial charge in [-0.25, -0.2) is 9.59 Å². The third kappa shape index (κ3) is 9.55. The quantitative estimate of drug-likeness (QED) is 0.178. The molecule has 6 N–H and O–H groups in total. The predicted molar refractivity (Wildman–Crippen MR) is 161 cm³/mol. The molecule has 0 saturated carbocycles. The Bertz CT molecular complexity index is 1270. The standard InChI is InChI=1S/C31H44N2O11/c1-16-11-20-28(43-25(36)15-34)21(14-22(35)29(20)42-7)33-30(38)17(2)9-8-10-23(40-5)27(44-31(32)39)19(4)13-18(3)26(37)24(12-16)41-6/h8-10,13-14,16,18,23-24,26-27,34-35,37H,11-12,15H2,1-7H3,(H2,32,39)(H,33,38). The van der Waals surface area contributed by atoms with E-state index >= 15 is 0 Å². The van der Waals surface area contributed by atoms with Crippen molar-refractivity contribution in [2.45, 2.75) is 65.0 Å². The van der Waals surface area contributed by atoms with Crippen LogP contribution in [0.1, 0.15) is 39.7 Å². The predicted octanol–water partition coefficient (Wildman–Crippen LogP) is 2.76. The van der Waals surface area contributed by atoms with Crippen LogP contribution < -0.4 is 20.5 Å². The first-order chi connectivity index (χ1) is 20.8. The molecule has 0 aromatic heterocycles. The Morgan fingerprint density at radius 3 is 2.36 bits per heavy atom. The maximum Gasteiger partial charge on any atom is 0.405 e. The Morgan fingerprint density at radius 1 is 1.11 bits per heavy atom. The lowest BCUT2D eigenvalue weighted by Crippen LogP contribution is -2.37. The molecule has 0 spiro atoms. The average molecular weight is 621 g/mol. The number of aliphatic hydroxyl groups is 2. The Kier molecular flexibility index (Phi) is 13.9. The zero-order valence-corrected chi connectivity index (χ0v) is 26.2. The van der Waals surface area contributed by atoms with E-state index in [2.05, 4.69) is 5.32 Å². The fourth-order valence-electron chi connectivity index (χ4n) is 5.06. The van der Waals surface area contributed by atoms with Crippen LogP contribution in [0.15, 0.2) is 41.5 Å². The van der Waals surface area contributed by atoms with Gasteiger partial charge < -0.3 is 50.1 Å². The van der Waals surface area contributed by atoms with Gasteiger partial charge in [0.1, 0.15) is 12.7 Å². The van der Waals surface area contributed by atoms with Gasteiger partial charge in [0.25, 0.3) is 5.91 Å². The van der Waals surface area contributed by atoms with E-state index in [1.807, 2.05) is 6.92 Å². The van der Waals surface area contributed by atoms with Crippen LogP contribution in [0.25, 0.3) is 0 Å². The normalized spacial score (nSPS) is 25.3. The molecule has 6 unspecified atom stereocenters. The summed E-state index contributed by atoms with van der Waals surface area (Å²) in [5, 5.41) is 34.1. The Labute approximate surface area is 257 Å². The number of nitrogens with two attached hydrogens (primary N) is 1. The average Bonchev–Trinajstić information content (AvgIpc) is 2.97. The number of hydrogen-bond donors (Lipinski definition) is 5. The number of carbonyl (C=O) groups is 3. The van der Waals surface area contributed by atoms with E-state index in [1.54, 1.807) is 26.0 Å². The van der Waals surface area contributed by atoms with E-state index in [1.165, 1.54) is 46.5 Å². The Hall–Kier alpha value is -3.91. The number of benzene rings is 1. The van der Waals surface area contributed by atoms with E-state index < -0.39 is 54.9 Å². The van der Waals surface area contributed by atoms with Crippen molar-refractivity contribution in [1.29, 1.82) is 0 Å². The first kappa shape index (κ1) is 36.3. The molecule has 2 rings (SSSR count). The SMILES string of the molecule is COc1c(O)cc2c(OC(=O)CO)c1CC(C)CC(OC)C(O)C(C)C=C(C)C(OC(N)=O)C(OC)C=CC=C(C)C(=O)N2. The molecular formula is C31H44N2O11. The van der Waals surface area contributed by atoms with Gasteiger partial charge >= 0.3 is 12.1 Å². The maximum absolute atomic E-state index is 13.2. The number of phenolic OH excluding ortho intramolecular Hbond substituents is 1.